The molecule has 1 aromatic heterocycles. The van der Waals surface area contributed by atoms with Crippen LogP contribution < -0.4 is 5.32 Å². The summed E-state index contributed by atoms with van der Waals surface area (Å²) in [5, 5.41) is 5.29. The monoisotopic (exact) mass is 311 g/mol. The molecule has 0 spiro atoms. The van der Waals surface area contributed by atoms with Gasteiger partial charge in [-0.15, -0.1) is 36.2 Å². The molecule has 7 heteroatoms. The molecule has 0 aliphatic carbocycles. The number of amides is 1. The highest BCUT2D eigenvalue weighted by Gasteiger charge is 2.22. The minimum absolute atomic E-state index is 0. The topological polar surface area (TPSA) is 45.2 Å². The lowest BCUT2D eigenvalue weighted by Crippen LogP contribution is -2.52. The molecule has 1 saturated heterocycles. The van der Waals surface area contributed by atoms with Crippen molar-refractivity contribution < 1.29 is 4.79 Å². The molecular formula is C11H19Cl2N3OS. The number of piperazine rings is 1. The quantitative estimate of drug-likeness (QED) is 0.925. The standard InChI is InChI=1S/C11H17N3OS.2ClH/c1-9-6-12-4-5-14(9)11(15)3-2-10-7-16-8-13-10;;/h7-9,12H,2-6H2,1H3;2*1H/t9-;;/m0../s1. The van der Waals surface area contributed by atoms with Gasteiger partial charge in [-0.2, -0.15) is 0 Å². The van der Waals surface area contributed by atoms with Crippen molar-refractivity contribution in [1.29, 1.82) is 0 Å². The SMILES string of the molecule is C[C@H]1CNCCN1C(=O)CCc1cscn1.Cl.Cl. The largest absolute Gasteiger partial charge is 0.337 e. The fourth-order valence-electron chi connectivity index (χ4n) is 1.95. The Morgan fingerprint density at radius 2 is 2.39 bits per heavy atom. The first-order chi connectivity index (χ1) is 7.77. The zero-order valence-electron chi connectivity index (χ0n) is 10.3. The number of carbonyl (C=O) groups excluding carboxylic acids is 1. The van der Waals surface area contributed by atoms with Crippen molar-refractivity contribution >= 4 is 42.1 Å². The molecule has 2 rings (SSSR count). The molecule has 18 heavy (non-hydrogen) atoms. The third-order valence-electron chi connectivity index (χ3n) is 2.90. The molecule has 4 nitrogen and oxygen atoms in total. The van der Waals surface area contributed by atoms with E-state index in [1.165, 1.54) is 0 Å². The van der Waals surface area contributed by atoms with Crippen LogP contribution >= 0.6 is 36.2 Å². The molecule has 104 valence electrons. The van der Waals surface area contributed by atoms with Crippen LogP contribution in [0.2, 0.25) is 0 Å². The smallest absolute Gasteiger partial charge is 0.223 e. The first-order valence-electron chi connectivity index (χ1n) is 5.64. The Bertz CT molecular complexity index is 348. The van der Waals surface area contributed by atoms with Gasteiger partial charge in [0.15, 0.2) is 0 Å². The summed E-state index contributed by atoms with van der Waals surface area (Å²) in [4.78, 5) is 18.1. The molecule has 1 aliphatic heterocycles. The summed E-state index contributed by atoms with van der Waals surface area (Å²) >= 11 is 1.58. The molecule has 0 radical (unpaired) electrons. The Kier molecular flexibility index (Phi) is 8.52. The van der Waals surface area contributed by atoms with Crippen LogP contribution in [-0.2, 0) is 11.2 Å². The minimum Gasteiger partial charge on any atom is -0.337 e. The average Bonchev–Trinajstić information content (AvgIpc) is 2.79. The lowest BCUT2D eigenvalue weighted by Gasteiger charge is -2.34. The second-order valence-corrected chi connectivity index (χ2v) is 4.84. The Labute approximate surface area is 124 Å². The molecule has 1 fully saturated rings. The van der Waals surface area contributed by atoms with Crippen molar-refractivity contribution in [3.8, 4) is 0 Å². The summed E-state index contributed by atoms with van der Waals surface area (Å²) < 4.78 is 0. The maximum atomic E-state index is 12.0. The molecular weight excluding hydrogens is 293 g/mol. The Balaban J connectivity index is 0.00000144. The van der Waals surface area contributed by atoms with Gasteiger partial charge in [0, 0.05) is 37.5 Å². The first-order valence-corrected chi connectivity index (χ1v) is 6.59. The average molecular weight is 312 g/mol. The van der Waals surface area contributed by atoms with Gasteiger partial charge in [0.2, 0.25) is 5.91 Å². The molecule has 1 amide bonds. The van der Waals surface area contributed by atoms with Crippen molar-refractivity contribution in [3.05, 3.63) is 16.6 Å². The summed E-state index contributed by atoms with van der Waals surface area (Å²) in [6, 6.07) is 0.316. The van der Waals surface area contributed by atoms with Gasteiger partial charge in [-0.05, 0) is 13.3 Å². The molecule has 1 aromatic rings. The van der Waals surface area contributed by atoms with Crippen molar-refractivity contribution in [2.45, 2.75) is 25.8 Å². The van der Waals surface area contributed by atoms with Crippen LogP contribution in [0.1, 0.15) is 19.0 Å². The lowest BCUT2D eigenvalue weighted by molar-refractivity contribution is -0.133. The lowest BCUT2D eigenvalue weighted by atomic mass is 10.1. The van der Waals surface area contributed by atoms with Crippen LogP contribution in [0.5, 0.6) is 0 Å². The van der Waals surface area contributed by atoms with E-state index in [0.29, 0.717) is 12.5 Å². The van der Waals surface area contributed by atoms with Crippen molar-refractivity contribution in [2.24, 2.45) is 0 Å². The van der Waals surface area contributed by atoms with Crippen LogP contribution in [0, 0.1) is 0 Å². The number of aryl methyl sites for hydroxylation is 1. The van der Waals surface area contributed by atoms with E-state index in [1.54, 1.807) is 11.3 Å². The van der Waals surface area contributed by atoms with Gasteiger partial charge in [-0.1, -0.05) is 0 Å². The Morgan fingerprint density at radius 1 is 1.61 bits per heavy atom. The molecule has 1 aliphatic rings. The Hall–Kier alpha value is -0.360. The van der Waals surface area contributed by atoms with E-state index in [-0.39, 0.29) is 30.7 Å². The third-order valence-corrected chi connectivity index (χ3v) is 3.54. The highest BCUT2D eigenvalue weighted by Crippen LogP contribution is 2.09. The van der Waals surface area contributed by atoms with Gasteiger partial charge < -0.3 is 10.2 Å². The van der Waals surface area contributed by atoms with E-state index in [0.717, 1.165) is 31.7 Å². The second-order valence-electron chi connectivity index (χ2n) is 4.12. The zero-order chi connectivity index (χ0) is 11.4. The maximum Gasteiger partial charge on any atom is 0.223 e. The number of hydrogen-bond donors (Lipinski definition) is 1. The number of thiazole rings is 1. The van der Waals surface area contributed by atoms with Crippen LogP contribution in [0.3, 0.4) is 0 Å². The van der Waals surface area contributed by atoms with Crippen LogP contribution in [0.15, 0.2) is 10.9 Å². The summed E-state index contributed by atoms with van der Waals surface area (Å²) in [5.74, 6) is 0.252. The van der Waals surface area contributed by atoms with Gasteiger partial charge in [-0.3, -0.25) is 4.79 Å². The summed E-state index contributed by atoms with van der Waals surface area (Å²) in [7, 11) is 0. The fraction of sp³-hybridized carbons (Fsp3) is 0.636. The summed E-state index contributed by atoms with van der Waals surface area (Å²) in [6.07, 6.45) is 1.34. The normalized spacial score (nSPS) is 18.7. The zero-order valence-corrected chi connectivity index (χ0v) is 12.7. The molecule has 0 aromatic carbocycles. The molecule has 0 saturated carbocycles. The molecule has 1 N–H and O–H groups in total. The van der Waals surface area contributed by atoms with E-state index in [4.69, 9.17) is 0 Å². The first kappa shape index (κ1) is 17.6. The highest BCUT2D eigenvalue weighted by molar-refractivity contribution is 7.07. The molecule has 0 bridgehead atoms. The van der Waals surface area contributed by atoms with E-state index in [9.17, 15) is 4.79 Å². The highest BCUT2D eigenvalue weighted by atomic mass is 35.5. The minimum atomic E-state index is 0. The van der Waals surface area contributed by atoms with Crippen molar-refractivity contribution in [2.75, 3.05) is 19.6 Å². The Morgan fingerprint density at radius 3 is 3.00 bits per heavy atom. The number of nitrogens with one attached hydrogen (secondary N) is 1. The van der Waals surface area contributed by atoms with Crippen LogP contribution in [-0.4, -0.2) is 41.5 Å². The number of carbonyl (C=O) groups is 1. The number of rotatable bonds is 3. The van der Waals surface area contributed by atoms with Gasteiger partial charge in [0.25, 0.3) is 0 Å². The van der Waals surface area contributed by atoms with Gasteiger partial charge >= 0.3 is 0 Å². The van der Waals surface area contributed by atoms with Gasteiger partial charge in [0.05, 0.1) is 11.2 Å². The molecule has 1 atom stereocenters. The van der Waals surface area contributed by atoms with E-state index in [2.05, 4.69) is 17.2 Å². The van der Waals surface area contributed by atoms with Crippen LogP contribution in [0.4, 0.5) is 0 Å². The van der Waals surface area contributed by atoms with E-state index >= 15 is 0 Å². The number of hydrogen-bond acceptors (Lipinski definition) is 4. The van der Waals surface area contributed by atoms with Crippen LogP contribution in [0.25, 0.3) is 0 Å². The predicted octanol–water partition coefficient (Wildman–Crippen LogP) is 1.74. The van der Waals surface area contributed by atoms with E-state index < -0.39 is 0 Å². The fourth-order valence-corrected chi connectivity index (χ4v) is 2.54. The molecule has 0 unspecified atom stereocenters. The number of halogens is 2. The third kappa shape index (κ3) is 4.72. The van der Waals surface area contributed by atoms with Gasteiger partial charge in [0.1, 0.15) is 0 Å². The van der Waals surface area contributed by atoms with Crippen molar-refractivity contribution in [1.82, 2.24) is 15.2 Å². The maximum absolute atomic E-state index is 12.0. The number of aromatic nitrogens is 1. The van der Waals surface area contributed by atoms with Crippen molar-refractivity contribution in [3.63, 3.8) is 0 Å². The second kappa shape index (κ2) is 8.69. The molecule has 2 heterocycles. The summed E-state index contributed by atoms with van der Waals surface area (Å²) in [5.41, 5.74) is 2.84. The summed E-state index contributed by atoms with van der Waals surface area (Å²) in [6.45, 7) is 4.74. The predicted molar refractivity (Wildman–Crippen MR) is 79.0 cm³/mol. The van der Waals surface area contributed by atoms with E-state index in [1.807, 2.05) is 15.8 Å². The van der Waals surface area contributed by atoms with Gasteiger partial charge in [-0.25, -0.2) is 4.98 Å². The number of nitrogens with zero attached hydrogens (tertiary/aromatic N) is 2.